The molecule has 20 heavy (non-hydrogen) atoms. The minimum atomic E-state index is -2.35. The number of hydrogen-bond acceptors (Lipinski definition) is 4. The largest absolute Gasteiger partial charge is 0.367 e. The summed E-state index contributed by atoms with van der Waals surface area (Å²) in [4.78, 5) is 5.44. The third kappa shape index (κ3) is 2.31. The first-order valence-corrected chi connectivity index (χ1v) is 6.34. The molecule has 1 saturated heterocycles. The SMILES string of the molecule is Nc1ncc2c(F)cc(C3CCN(CC(F)F)C3)n2n1. The Morgan fingerprint density at radius 3 is 3.00 bits per heavy atom. The molecule has 3 heterocycles. The highest BCUT2D eigenvalue weighted by atomic mass is 19.3. The molecule has 3 rings (SSSR count). The number of rotatable bonds is 3. The molecular weight excluding hydrogens is 271 g/mol. The quantitative estimate of drug-likeness (QED) is 0.928. The zero-order valence-electron chi connectivity index (χ0n) is 10.6. The number of likely N-dealkylation sites (tertiary alicyclic amines) is 1. The number of anilines is 1. The third-order valence-corrected chi connectivity index (χ3v) is 3.60. The molecular formula is C12H14F3N5. The van der Waals surface area contributed by atoms with Crippen molar-refractivity contribution in [2.24, 2.45) is 0 Å². The molecule has 1 aliphatic heterocycles. The first kappa shape index (κ1) is 13.2. The fraction of sp³-hybridized carbons (Fsp3) is 0.500. The highest BCUT2D eigenvalue weighted by Gasteiger charge is 2.29. The summed E-state index contributed by atoms with van der Waals surface area (Å²) in [6, 6.07) is 1.39. The molecule has 2 aromatic rings. The van der Waals surface area contributed by atoms with E-state index in [-0.39, 0.29) is 23.9 Å². The van der Waals surface area contributed by atoms with Crippen LogP contribution < -0.4 is 5.73 Å². The van der Waals surface area contributed by atoms with Crippen molar-refractivity contribution in [3.63, 3.8) is 0 Å². The monoisotopic (exact) mass is 285 g/mol. The van der Waals surface area contributed by atoms with Crippen molar-refractivity contribution in [3.05, 3.63) is 23.8 Å². The van der Waals surface area contributed by atoms with E-state index in [0.717, 1.165) is 0 Å². The normalized spacial score (nSPS) is 20.3. The first-order chi connectivity index (χ1) is 9.54. The standard InChI is InChI=1S/C12H14F3N5/c13-8-3-9(20-10(8)4-17-12(16)18-20)7-1-2-19(5-7)6-11(14)15/h3-4,7,11H,1-2,5-6H2,(H2,16,18). The van der Waals surface area contributed by atoms with Gasteiger partial charge in [-0.2, -0.15) is 0 Å². The summed E-state index contributed by atoms with van der Waals surface area (Å²) in [7, 11) is 0. The maximum atomic E-state index is 13.8. The van der Waals surface area contributed by atoms with E-state index in [1.807, 2.05) is 0 Å². The molecule has 0 saturated carbocycles. The highest BCUT2D eigenvalue weighted by molar-refractivity contribution is 5.50. The lowest BCUT2D eigenvalue weighted by atomic mass is 10.1. The average molecular weight is 285 g/mol. The van der Waals surface area contributed by atoms with Crippen molar-refractivity contribution in [1.29, 1.82) is 0 Å². The number of nitrogen functional groups attached to an aromatic ring is 1. The van der Waals surface area contributed by atoms with Crippen molar-refractivity contribution in [1.82, 2.24) is 19.5 Å². The van der Waals surface area contributed by atoms with Crippen LogP contribution in [0.2, 0.25) is 0 Å². The fourth-order valence-electron chi connectivity index (χ4n) is 2.71. The number of alkyl halides is 2. The molecule has 1 atom stereocenters. The molecule has 0 amide bonds. The number of aromatic nitrogens is 3. The lowest BCUT2D eigenvalue weighted by Gasteiger charge is -2.15. The van der Waals surface area contributed by atoms with E-state index in [0.29, 0.717) is 25.2 Å². The lowest BCUT2D eigenvalue weighted by Crippen LogP contribution is -2.26. The third-order valence-electron chi connectivity index (χ3n) is 3.60. The molecule has 2 N–H and O–H groups in total. The number of hydrogen-bond donors (Lipinski definition) is 1. The van der Waals surface area contributed by atoms with Crippen molar-refractivity contribution in [2.45, 2.75) is 18.8 Å². The number of halogens is 3. The smallest absolute Gasteiger partial charge is 0.251 e. The van der Waals surface area contributed by atoms with Crippen molar-refractivity contribution in [2.75, 3.05) is 25.4 Å². The minimum absolute atomic E-state index is 0.0277. The molecule has 108 valence electrons. The van der Waals surface area contributed by atoms with Gasteiger partial charge in [0.1, 0.15) is 5.52 Å². The maximum absolute atomic E-state index is 13.8. The van der Waals surface area contributed by atoms with Gasteiger partial charge >= 0.3 is 0 Å². The van der Waals surface area contributed by atoms with Gasteiger partial charge in [0.15, 0.2) is 5.82 Å². The van der Waals surface area contributed by atoms with E-state index < -0.39 is 12.2 Å². The topological polar surface area (TPSA) is 59.5 Å². The molecule has 0 aromatic carbocycles. The van der Waals surface area contributed by atoms with Gasteiger partial charge in [0.25, 0.3) is 6.43 Å². The van der Waals surface area contributed by atoms with E-state index in [1.165, 1.54) is 16.8 Å². The van der Waals surface area contributed by atoms with E-state index in [1.54, 1.807) is 4.90 Å². The van der Waals surface area contributed by atoms with Gasteiger partial charge in [0.05, 0.1) is 18.4 Å². The second-order valence-electron chi connectivity index (χ2n) is 4.97. The van der Waals surface area contributed by atoms with Crippen LogP contribution in [0.25, 0.3) is 5.52 Å². The first-order valence-electron chi connectivity index (χ1n) is 6.34. The molecule has 0 radical (unpaired) electrons. The molecule has 0 aliphatic carbocycles. The second-order valence-corrected chi connectivity index (χ2v) is 4.97. The van der Waals surface area contributed by atoms with Gasteiger partial charge in [0, 0.05) is 12.5 Å². The summed E-state index contributed by atoms with van der Waals surface area (Å²) in [5.41, 5.74) is 6.43. The van der Waals surface area contributed by atoms with Crippen LogP contribution in [0.4, 0.5) is 19.1 Å². The number of nitrogens with zero attached hydrogens (tertiary/aromatic N) is 4. The van der Waals surface area contributed by atoms with Gasteiger partial charge in [-0.05, 0) is 19.0 Å². The van der Waals surface area contributed by atoms with Crippen molar-refractivity contribution >= 4 is 11.5 Å². The van der Waals surface area contributed by atoms with Gasteiger partial charge in [-0.25, -0.2) is 22.7 Å². The van der Waals surface area contributed by atoms with Crippen LogP contribution in [0.15, 0.2) is 12.3 Å². The summed E-state index contributed by atoms with van der Waals surface area (Å²) in [6.45, 7) is 0.795. The van der Waals surface area contributed by atoms with Crippen LogP contribution in [0.1, 0.15) is 18.0 Å². The molecule has 2 aromatic heterocycles. The van der Waals surface area contributed by atoms with Crippen LogP contribution in [0.3, 0.4) is 0 Å². The minimum Gasteiger partial charge on any atom is -0.367 e. The lowest BCUT2D eigenvalue weighted by molar-refractivity contribution is 0.0990. The zero-order valence-corrected chi connectivity index (χ0v) is 10.6. The van der Waals surface area contributed by atoms with Gasteiger partial charge < -0.3 is 5.73 Å². The van der Waals surface area contributed by atoms with Crippen LogP contribution in [-0.4, -0.2) is 45.6 Å². The van der Waals surface area contributed by atoms with Gasteiger partial charge in [0.2, 0.25) is 5.95 Å². The Kier molecular flexibility index (Phi) is 3.25. The Morgan fingerprint density at radius 1 is 1.45 bits per heavy atom. The van der Waals surface area contributed by atoms with E-state index >= 15 is 0 Å². The predicted octanol–water partition coefficient (Wildman–Crippen LogP) is 1.50. The summed E-state index contributed by atoms with van der Waals surface area (Å²) in [5, 5.41) is 4.00. The Hall–Kier alpha value is -1.83. The molecule has 8 heteroatoms. The van der Waals surface area contributed by atoms with Gasteiger partial charge in [-0.1, -0.05) is 0 Å². The molecule has 0 spiro atoms. The van der Waals surface area contributed by atoms with E-state index in [2.05, 4.69) is 10.1 Å². The van der Waals surface area contributed by atoms with E-state index in [9.17, 15) is 13.2 Å². The van der Waals surface area contributed by atoms with Crippen LogP contribution in [0, 0.1) is 5.82 Å². The maximum Gasteiger partial charge on any atom is 0.251 e. The average Bonchev–Trinajstić information content (AvgIpc) is 2.94. The van der Waals surface area contributed by atoms with Gasteiger partial charge in [-0.15, -0.1) is 5.10 Å². The van der Waals surface area contributed by atoms with Crippen LogP contribution in [0.5, 0.6) is 0 Å². The number of fused-ring (bicyclic) bond motifs is 1. The van der Waals surface area contributed by atoms with Crippen LogP contribution >= 0.6 is 0 Å². The van der Waals surface area contributed by atoms with Crippen molar-refractivity contribution in [3.8, 4) is 0 Å². The Labute approximate surface area is 113 Å². The van der Waals surface area contributed by atoms with Gasteiger partial charge in [-0.3, -0.25) is 4.90 Å². The highest BCUT2D eigenvalue weighted by Crippen LogP contribution is 2.29. The predicted molar refractivity (Wildman–Crippen MR) is 67.2 cm³/mol. The molecule has 1 unspecified atom stereocenters. The molecule has 5 nitrogen and oxygen atoms in total. The summed E-state index contributed by atoms with van der Waals surface area (Å²) in [6.07, 6.45) is -0.331. The number of nitrogens with two attached hydrogens (primary N) is 1. The second kappa shape index (κ2) is 4.93. The fourth-order valence-corrected chi connectivity index (χ4v) is 2.71. The van der Waals surface area contributed by atoms with Crippen molar-refractivity contribution < 1.29 is 13.2 Å². The summed E-state index contributed by atoms with van der Waals surface area (Å²) < 4.78 is 40.0. The Bertz CT molecular complexity index is 627. The Morgan fingerprint density at radius 2 is 2.25 bits per heavy atom. The summed E-state index contributed by atoms with van der Waals surface area (Å²) >= 11 is 0. The van der Waals surface area contributed by atoms with Crippen LogP contribution in [-0.2, 0) is 0 Å². The molecule has 1 fully saturated rings. The zero-order chi connectivity index (χ0) is 14.3. The van der Waals surface area contributed by atoms with E-state index in [4.69, 9.17) is 5.73 Å². The molecule has 1 aliphatic rings. The summed E-state index contributed by atoms with van der Waals surface area (Å²) in [5.74, 6) is -0.399. The Balaban J connectivity index is 1.89. The molecule has 0 bridgehead atoms.